The van der Waals surface area contributed by atoms with Crippen molar-refractivity contribution in [2.24, 2.45) is 0 Å². The third-order valence-electron chi connectivity index (χ3n) is 3.94. The van der Waals surface area contributed by atoms with Gasteiger partial charge in [-0.3, -0.25) is 9.59 Å². The van der Waals surface area contributed by atoms with E-state index in [4.69, 9.17) is 0 Å². The number of carbonyl (C=O) groups excluding carboxylic acids is 1. The topological polar surface area (TPSA) is 66.1 Å². The molecule has 0 aliphatic rings. The number of aromatic nitrogens is 2. The third-order valence-corrected chi connectivity index (χ3v) is 3.94. The van der Waals surface area contributed by atoms with Gasteiger partial charge in [-0.05, 0) is 48.9 Å². The van der Waals surface area contributed by atoms with Crippen molar-refractivity contribution >= 4 is 28.4 Å². The number of H-pyrrole nitrogens is 1. The fourth-order valence-corrected chi connectivity index (χ4v) is 2.56. The van der Waals surface area contributed by atoms with Gasteiger partial charge in [-0.25, -0.2) is 4.98 Å². The van der Waals surface area contributed by atoms with Crippen molar-refractivity contribution in [1.29, 1.82) is 0 Å². The maximum absolute atomic E-state index is 12.4. The lowest BCUT2D eigenvalue weighted by molar-refractivity contribution is 0.104. The first-order valence-corrected chi connectivity index (χ1v) is 7.94. The average molecular weight is 333 g/mol. The summed E-state index contributed by atoms with van der Waals surface area (Å²) in [5, 5.41) is 0.417. The standard InChI is InChI=1S/C20H19N3O2/c1-13-21-18-10-7-15(12-17(18)20(25)22-13)19(24)11-6-14-4-8-16(9-5-14)23(2)3/h4-12H,1-3H3,(H,21,22,25). The number of hydrogen-bond acceptors (Lipinski definition) is 4. The number of ketones is 1. The summed E-state index contributed by atoms with van der Waals surface area (Å²) in [5.41, 5.74) is 2.85. The molecule has 1 heterocycles. The van der Waals surface area contributed by atoms with Crippen LogP contribution in [0.25, 0.3) is 17.0 Å². The molecule has 5 nitrogen and oxygen atoms in total. The van der Waals surface area contributed by atoms with Gasteiger partial charge in [-0.15, -0.1) is 0 Å². The molecule has 25 heavy (non-hydrogen) atoms. The van der Waals surface area contributed by atoms with Gasteiger partial charge < -0.3 is 9.88 Å². The highest BCUT2D eigenvalue weighted by atomic mass is 16.1. The van der Waals surface area contributed by atoms with Crippen LogP contribution in [0.5, 0.6) is 0 Å². The van der Waals surface area contributed by atoms with Crippen molar-refractivity contribution in [3.05, 3.63) is 75.8 Å². The summed E-state index contributed by atoms with van der Waals surface area (Å²) >= 11 is 0. The van der Waals surface area contributed by atoms with Crippen molar-refractivity contribution < 1.29 is 4.79 Å². The molecule has 126 valence electrons. The Balaban J connectivity index is 1.85. The highest BCUT2D eigenvalue weighted by Gasteiger charge is 2.07. The second kappa shape index (κ2) is 6.73. The Morgan fingerprint density at radius 3 is 2.52 bits per heavy atom. The molecule has 1 N–H and O–H groups in total. The van der Waals surface area contributed by atoms with Gasteiger partial charge in [0.25, 0.3) is 5.56 Å². The Bertz CT molecular complexity index is 1020. The number of nitrogens with one attached hydrogen (secondary N) is 1. The second-order valence-electron chi connectivity index (χ2n) is 6.07. The van der Waals surface area contributed by atoms with Gasteiger partial charge in [-0.2, -0.15) is 0 Å². The van der Waals surface area contributed by atoms with Gasteiger partial charge in [0, 0.05) is 25.3 Å². The number of fused-ring (bicyclic) bond motifs is 1. The Morgan fingerprint density at radius 1 is 1.12 bits per heavy atom. The second-order valence-corrected chi connectivity index (χ2v) is 6.07. The minimum absolute atomic E-state index is 0.154. The van der Waals surface area contributed by atoms with E-state index in [0.717, 1.165) is 11.3 Å². The van der Waals surface area contributed by atoms with Crippen molar-refractivity contribution in [3.8, 4) is 0 Å². The van der Waals surface area contributed by atoms with E-state index in [-0.39, 0.29) is 11.3 Å². The minimum atomic E-state index is -0.236. The highest BCUT2D eigenvalue weighted by molar-refractivity contribution is 6.08. The first kappa shape index (κ1) is 16.6. The quantitative estimate of drug-likeness (QED) is 0.588. The SMILES string of the molecule is Cc1nc2ccc(C(=O)C=Cc3ccc(N(C)C)cc3)cc2c(=O)[nH]1. The summed E-state index contributed by atoms with van der Waals surface area (Å²) in [7, 11) is 3.96. The molecule has 0 atom stereocenters. The van der Waals surface area contributed by atoms with Crippen molar-refractivity contribution in [1.82, 2.24) is 9.97 Å². The Morgan fingerprint density at radius 2 is 1.84 bits per heavy atom. The van der Waals surface area contributed by atoms with E-state index >= 15 is 0 Å². The van der Waals surface area contributed by atoms with Gasteiger partial charge >= 0.3 is 0 Å². The molecule has 0 amide bonds. The predicted octanol–water partition coefficient (Wildman–Crippen LogP) is 3.19. The molecule has 0 fully saturated rings. The van der Waals surface area contributed by atoms with Gasteiger partial charge in [0.05, 0.1) is 10.9 Å². The highest BCUT2D eigenvalue weighted by Crippen LogP contribution is 2.15. The predicted molar refractivity (Wildman–Crippen MR) is 101 cm³/mol. The van der Waals surface area contributed by atoms with E-state index in [0.29, 0.717) is 22.3 Å². The molecule has 3 aromatic rings. The van der Waals surface area contributed by atoms with Crippen LogP contribution in [0.3, 0.4) is 0 Å². The number of rotatable bonds is 4. The largest absolute Gasteiger partial charge is 0.378 e. The molecule has 3 rings (SSSR count). The molecule has 2 aromatic carbocycles. The number of aromatic amines is 1. The zero-order valence-electron chi connectivity index (χ0n) is 14.4. The summed E-state index contributed by atoms with van der Waals surface area (Å²) < 4.78 is 0. The first-order chi connectivity index (χ1) is 11.9. The summed E-state index contributed by atoms with van der Waals surface area (Å²) in [4.78, 5) is 33.3. The molecule has 0 spiro atoms. The fourth-order valence-electron chi connectivity index (χ4n) is 2.56. The maximum Gasteiger partial charge on any atom is 0.258 e. The third kappa shape index (κ3) is 3.66. The smallest absolute Gasteiger partial charge is 0.258 e. The molecule has 0 saturated heterocycles. The van der Waals surface area contributed by atoms with Gasteiger partial charge in [0.15, 0.2) is 5.78 Å². The van der Waals surface area contributed by atoms with Gasteiger partial charge in [-0.1, -0.05) is 18.2 Å². The first-order valence-electron chi connectivity index (χ1n) is 7.94. The normalized spacial score (nSPS) is 11.2. The van der Waals surface area contributed by atoms with Crippen LogP contribution in [-0.2, 0) is 0 Å². The molecule has 0 aliphatic heterocycles. The number of carbonyl (C=O) groups is 1. The number of benzene rings is 2. The zero-order valence-corrected chi connectivity index (χ0v) is 14.4. The lowest BCUT2D eigenvalue weighted by atomic mass is 10.1. The number of allylic oxidation sites excluding steroid dienone is 1. The van der Waals surface area contributed by atoms with Crippen LogP contribution in [0.2, 0.25) is 0 Å². The van der Waals surface area contributed by atoms with E-state index in [9.17, 15) is 9.59 Å². The van der Waals surface area contributed by atoms with E-state index in [2.05, 4.69) is 9.97 Å². The number of aryl methyl sites for hydroxylation is 1. The minimum Gasteiger partial charge on any atom is -0.378 e. The lowest BCUT2D eigenvalue weighted by Gasteiger charge is -2.11. The zero-order chi connectivity index (χ0) is 18.0. The number of anilines is 1. The van der Waals surface area contributed by atoms with Crippen molar-refractivity contribution in [2.75, 3.05) is 19.0 Å². The summed E-state index contributed by atoms with van der Waals surface area (Å²) in [6.07, 6.45) is 3.28. The van der Waals surface area contributed by atoms with Crippen molar-refractivity contribution in [3.63, 3.8) is 0 Å². The number of nitrogens with zero attached hydrogens (tertiary/aromatic N) is 2. The average Bonchev–Trinajstić information content (AvgIpc) is 2.59. The van der Waals surface area contributed by atoms with E-state index in [1.807, 2.05) is 43.3 Å². The molecular formula is C20H19N3O2. The van der Waals surface area contributed by atoms with Crippen LogP contribution in [0.1, 0.15) is 21.7 Å². The molecule has 0 saturated carbocycles. The Hall–Kier alpha value is -3.21. The Labute approximate surface area is 145 Å². The molecule has 5 heteroatoms. The fraction of sp³-hybridized carbons (Fsp3) is 0.150. The van der Waals surface area contributed by atoms with E-state index < -0.39 is 0 Å². The van der Waals surface area contributed by atoms with Crippen LogP contribution in [0.15, 0.2) is 53.3 Å². The van der Waals surface area contributed by atoms with Crippen LogP contribution < -0.4 is 10.5 Å². The molecule has 0 unspecified atom stereocenters. The molecule has 0 bridgehead atoms. The van der Waals surface area contributed by atoms with Crippen LogP contribution in [-0.4, -0.2) is 29.8 Å². The summed E-state index contributed by atoms with van der Waals surface area (Å²) in [6, 6.07) is 12.9. The van der Waals surface area contributed by atoms with Crippen LogP contribution >= 0.6 is 0 Å². The molecule has 1 aromatic heterocycles. The molecule has 0 aliphatic carbocycles. The van der Waals surface area contributed by atoms with Crippen LogP contribution in [0.4, 0.5) is 5.69 Å². The number of hydrogen-bond donors (Lipinski definition) is 1. The van der Waals surface area contributed by atoms with Gasteiger partial charge in [0.2, 0.25) is 0 Å². The monoisotopic (exact) mass is 333 g/mol. The van der Waals surface area contributed by atoms with Gasteiger partial charge in [0.1, 0.15) is 5.82 Å². The van der Waals surface area contributed by atoms with E-state index in [1.165, 1.54) is 6.08 Å². The van der Waals surface area contributed by atoms with Crippen molar-refractivity contribution in [2.45, 2.75) is 6.92 Å². The maximum atomic E-state index is 12.4. The lowest BCUT2D eigenvalue weighted by Crippen LogP contribution is -2.10. The summed E-state index contributed by atoms with van der Waals surface area (Å²) in [6.45, 7) is 1.73. The Kier molecular flexibility index (Phi) is 4.48. The van der Waals surface area contributed by atoms with E-state index in [1.54, 1.807) is 31.2 Å². The van der Waals surface area contributed by atoms with Crippen LogP contribution in [0, 0.1) is 6.92 Å². The molecular weight excluding hydrogens is 314 g/mol. The molecule has 0 radical (unpaired) electrons. The summed E-state index contributed by atoms with van der Waals surface area (Å²) in [5.74, 6) is 0.399.